The van der Waals surface area contributed by atoms with Crippen molar-refractivity contribution in [1.82, 2.24) is 10.6 Å². The molecule has 0 saturated carbocycles. The number of ether oxygens (including phenoxy) is 4. The summed E-state index contributed by atoms with van der Waals surface area (Å²) in [7, 11) is 6.04. The van der Waals surface area contributed by atoms with Crippen LogP contribution in [0, 0.1) is 0 Å². The number of methoxy groups -OCH3 is 4. The minimum Gasteiger partial charge on any atom is -0.493 e. The van der Waals surface area contributed by atoms with Crippen molar-refractivity contribution in [2.24, 2.45) is 0 Å². The van der Waals surface area contributed by atoms with Gasteiger partial charge in [-0.25, -0.2) is 0 Å². The van der Waals surface area contributed by atoms with Crippen LogP contribution in [0.2, 0.25) is 0 Å². The Morgan fingerprint density at radius 1 is 0.884 bits per heavy atom. The maximum atomic E-state index is 13.4. The predicted molar refractivity (Wildman–Crippen MR) is 164 cm³/mol. The number of anilines is 1. The van der Waals surface area contributed by atoms with E-state index in [0.717, 1.165) is 36.0 Å². The van der Waals surface area contributed by atoms with E-state index in [4.69, 9.17) is 14.2 Å². The predicted octanol–water partition coefficient (Wildman–Crippen LogP) is 3.90. The number of nitrogens with one attached hydrogen (secondary N) is 3. The maximum Gasteiger partial charge on any atom is 0.305 e. The van der Waals surface area contributed by atoms with Gasteiger partial charge in [0.1, 0.15) is 0 Å². The minimum atomic E-state index is -0.390. The highest BCUT2D eigenvalue weighted by Crippen LogP contribution is 2.50. The lowest BCUT2D eigenvalue weighted by Crippen LogP contribution is -2.26. The van der Waals surface area contributed by atoms with Gasteiger partial charge in [-0.05, 0) is 67.0 Å². The molecule has 0 fully saturated rings. The number of unbranched alkanes of at least 4 members (excludes halogenated alkanes) is 2. The van der Waals surface area contributed by atoms with E-state index >= 15 is 0 Å². The molecule has 1 aliphatic rings. The van der Waals surface area contributed by atoms with Gasteiger partial charge in [0, 0.05) is 38.4 Å². The highest BCUT2D eigenvalue weighted by atomic mass is 16.5. The van der Waals surface area contributed by atoms with Crippen LogP contribution in [-0.4, -0.2) is 59.3 Å². The molecule has 234 valence electrons. The summed E-state index contributed by atoms with van der Waals surface area (Å²) in [6, 6.07) is 6.68. The number of esters is 1. The van der Waals surface area contributed by atoms with Crippen LogP contribution in [0.3, 0.4) is 0 Å². The van der Waals surface area contributed by atoms with Gasteiger partial charge in [-0.2, -0.15) is 0 Å². The number of carbonyl (C=O) groups excluding carboxylic acids is 3. The van der Waals surface area contributed by atoms with E-state index in [0.29, 0.717) is 73.7 Å². The van der Waals surface area contributed by atoms with E-state index in [9.17, 15) is 19.2 Å². The number of benzene rings is 1. The van der Waals surface area contributed by atoms with Gasteiger partial charge in [0.05, 0.1) is 40.2 Å². The third-order valence-electron chi connectivity index (χ3n) is 7.42. The standard InChI is InChI=1S/C32H43N3O8/c1-20(36)35-24-14-12-21-18-27(40-2)31(42-4)32(43-5)30(21)22-13-15-25(26(37)19-23(22)24)33-17-9-10-28(38)34-16-8-6-7-11-29(39)41-3/h13,15,18-19,24H,6-12,14,16-17H2,1-5H3,(H,33,37)(H,34,38)(H,35,36)/t24-/m1/s1. The average molecular weight is 598 g/mol. The van der Waals surface area contributed by atoms with Crippen LogP contribution in [0.15, 0.2) is 29.1 Å². The largest absolute Gasteiger partial charge is 0.493 e. The molecule has 0 heterocycles. The summed E-state index contributed by atoms with van der Waals surface area (Å²) < 4.78 is 21.6. The van der Waals surface area contributed by atoms with E-state index in [1.54, 1.807) is 33.5 Å². The third kappa shape index (κ3) is 8.86. The van der Waals surface area contributed by atoms with Gasteiger partial charge in [-0.15, -0.1) is 0 Å². The molecule has 11 nitrogen and oxygen atoms in total. The Hall–Kier alpha value is -4.28. The first-order valence-corrected chi connectivity index (χ1v) is 14.6. The fraction of sp³-hybridized carbons (Fsp3) is 0.500. The molecule has 0 saturated heterocycles. The van der Waals surface area contributed by atoms with Crippen LogP contribution in [0.25, 0.3) is 11.1 Å². The Balaban J connectivity index is 1.76. The molecule has 2 amide bonds. The smallest absolute Gasteiger partial charge is 0.305 e. The highest BCUT2D eigenvalue weighted by Gasteiger charge is 2.29. The molecule has 0 unspecified atom stereocenters. The Labute approximate surface area is 252 Å². The summed E-state index contributed by atoms with van der Waals surface area (Å²) in [5.74, 6) is 0.990. The van der Waals surface area contributed by atoms with Gasteiger partial charge in [-0.1, -0.05) is 12.5 Å². The lowest BCUT2D eigenvalue weighted by molar-refractivity contribution is -0.140. The number of rotatable bonds is 15. The van der Waals surface area contributed by atoms with Crippen LogP contribution in [0.4, 0.5) is 5.69 Å². The first-order chi connectivity index (χ1) is 20.7. The number of fused-ring (bicyclic) bond motifs is 3. The van der Waals surface area contributed by atoms with Crippen molar-refractivity contribution in [2.75, 3.05) is 46.8 Å². The summed E-state index contributed by atoms with van der Waals surface area (Å²) in [6.45, 7) is 2.44. The Bertz CT molecular complexity index is 1360. The van der Waals surface area contributed by atoms with Crippen LogP contribution in [0.5, 0.6) is 17.2 Å². The fourth-order valence-corrected chi connectivity index (χ4v) is 5.32. The summed E-state index contributed by atoms with van der Waals surface area (Å²) in [5.41, 5.74) is 3.33. The summed E-state index contributed by atoms with van der Waals surface area (Å²) in [5, 5.41) is 9.07. The molecule has 3 N–H and O–H groups in total. The molecule has 11 heteroatoms. The lowest BCUT2D eigenvalue weighted by Gasteiger charge is -2.19. The zero-order chi connectivity index (χ0) is 31.4. The summed E-state index contributed by atoms with van der Waals surface area (Å²) >= 11 is 0. The first-order valence-electron chi connectivity index (χ1n) is 14.6. The molecule has 43 heavy (non-hydrogen) atoms. The van der Waals surface area contributed by atoms with Crippen LogP contribution >= 0.6 is 0 Å². The van der Waals surface area contributed by atoms with Crippen molar-refractivity contribution in [1.29, 1.82) is 0 Å². The number of carbonyl (C=O) groups is 3. The van der Waals surface area contributed by atoms with Crippen molar-refractivity contribution in [3.8, 4) is 28.4 Å². The quantitative estimate of drug-likeness (QED) is 0.206. The number of amides is 2. The normalized spacial score (nSPS) is 13.5. The number of hydrogen-bond acceptors (Lipinski definition) is 9. The SMILES string of the molecule is COC(=O)CCCCCNC(=O)CCCNc1ccc2c(cc1=O)[C@H](NC(C)=O)CCc1cc(OC)c(OC)c(OC)c1-2. The molecule has 0 aliphatic heterocycles. The molecule has 1 aliphatic carbocycles. The minimum absolute atomic E-state index is 0.0614. The lowest BCUT2D eigenvalue weighted by atomic mass is 9.95. The van der Waals surface area contributed by atoms with Crippen molar-refractivity contribution >= 4 is 23.5 Å². The van der Waals surface area contributed by atoms with Crippen molar-refractivity contribution in [2.45, 2.75) is 64.3 Å². The molecule has 0 aromatic heterocycles. The Morgan fingerprint density at radius 3 is 2.33 bits per heavy atom. The van der Waals surface area contributed by atoms with Crippen molar-refractivity contribution < 1.29 is 33.3 Å². The van der Waals surface area contributed by atoms with Gasteiger partial charge in [0.15, 0.2) is 11.5 Å². The van der Waals surface area contributed by atoms with Crippen LogP contribution < -0.4 is 35.6 Å². The molecular weight excluding hydrogens is 554 g/mol. The zero-order valence-electron chi connectivity index (χ0n) is 25.7. The van der Waals surface area contributed by atoms with E-state index in [2.05, 4.69) is 20.7 Å². The summed E-state index contributed by atoms with van der Waals surface area (Å²) in [4.78, 5) is 48.9. The van der Waals surface area contributed by atoms with Crippen molar-refractivity contribution in [3.05, 3.63) is 45.6 Å². The van der Waals surface area contributed by atoms with E-state index in [-0.39, 0.29) is 23.2 Å². The van der Waals surface area contributed by atoms with Crippen LogP contribution in [0.1, 0.15) is 69.0 Å². The molecular formula is C32H43N3O8. The van der Waals surface area contributed by atoms with Gasteiger partial charge in [0.25, 0.3) is 0 Å². The fourth-order valence-electron chi connectivity index (χ4n) is 5.32. The molecule has 0 radical (unpaired) electrons. The first kappa shape index (κ1) is 33.2. The van der Waals surface area contributed by atoms with E-state index in [1.165, 1.54) is 14.0 Å². The maximum absolute atomic E-state index is 13.4. The van der Waals surface area contributed by atoms with Gasteiger partial charge in [0.2, 0.25) is 23.0 Å². The second-order valence-corrected chi connectivity index (χ2v) is 10.4. The second kappa shape index (κ2) is 16.4. The van der Waals surface area contributed by atoms with Crippen LogP contribution in [-0.2, 0) is 25.5 Å². The van der Waals surface area contributed by atoms with Crippen molar-refractivity contribution in [3.63, 3.8) is 0 Å². The molecule has 0 spiro atoms. The van der Waals surface area contributed by atoms with Gasteiger partial charge >= 0.3 is 5.97 Å². The monoisotopic (exact) mass is 597 g/mol. The van der Waals surface area contributed by atoms with E-state index < -0.39 is 6.04 Å². The number of aryl methyl sites for hydroxylation is 1. The zero-order valence-corrected chi connectivity index (χ0v) is 25.7. The molecule has 2 aromatic carbocycles. The average Bonchev–Trinajstić information content (AvgIpc) is 3.24. The third-order valence-corrected chi connectivity index (χ3v) is 7.42. The molecule has 0 bridgehead atoms. The van der Waals surface area contributed by atoms with Gasteiger partial charge < -0.3 is 34.9 Å². The highest BCUT2D eigenvalue weighted by molar-refractivity contribution is 5.84. The molecule has 1 atom stereocenters. The molecule has 2 aromatic rings. The summed E-state index contributed by atoms with van der Waals surface area (Å²) in [6.07, 6.45) is 4.77. The Kier molecular flexibility index (Phi) is 12.7. The second-order valence-electron chi connectivity index (χ2n) is 10.4. The Morgan fingerprint density at radius 2 is 1.65 bits per heavy atom. The molecule has 3 rings (SSSR count). The number of hydrogen-bond donors (Lipinski definition) is 3. The van der Waals surface area contributed by atoms with E-state index in [1.807, 2.05) is 12.1 Å². The van der Waals surface area contributed by atoms with Gasteiger partial charge in [-0.3, -0.25) is 19.2 Å². The topological polar surface area (TPSA) is 141 Å².